The second-order valence-corrected chi connectivity index (χ2v) is 5.98. The minimum atomic E-state index is 0.0149. The van der Waals surface area contributed by atoms with Crippen LogP contribution in [0, 0.1) is 5.92 Å². The molecule has 132 valence electrons. The molecule has 0 atom stereocenters. The maximum Gasteiger partial charge on any atom is 0.227 e. The summed E-state index contributed by atoms with van der Waals surface area (Å²) in [5, 5.41) is 2.98. The Hall–Kier alpha value is -2.67. The Morgan fingerprint density at radius 1 is 1.24 bits per heavy atom. The van der Waals surface area contributed by atoms with E-state index in [0.717, 1.165) is 43.2 Å². The molecule has 3 rings (SSSR count). The number of piperidine rings is 1. The third-order valence-corrected chi connectivity index (χ3v) is 4.25. The molecule has 0 unspecified atom stereocenters. The predicted octanol–water partition coefficient (Wildman–Crippen LogP) is 1.67. The Morgan fingerprint density at radius 2 is 2.00 bits per heavy atom. The van der Waals surface area contributed by atoms with Gasteiger partial charge in [-0.15, -0.1) is 0 Å². The average molecular weight is 341 g/mol. The highest BCUT2D eigenvalue weighted by Crippen LogP contribution is 2.23. The van der Waals surface area contributed by atoms with Crippen molar-refractivity contribution in [2.45, 2.75) is 12.8 Å². The Bertz CT molecular complexity index is 670. The molecule has 7 heteroatoms. The number of aromatic nitrogens is 2. The summed E-state index contributed by atoms with van der Waals surface area (Å²) < 4.78 is 5.43. The number of carbonyl (C=O) groups excluding carboxylic acids is 1. The molecule has 1 aliphatic heterocycles. The van der Waals surface area contributed by atoms with Gasteiger partial charge in [-0.1, -0.05) is 0 Å². The number of rotatable bonds is 6. The number of benzene rings is 1. The molecule has 25 heavy (non-hydrogen) atoms. The van der Waals surface area contributed by atoms with E-state index in [9.17, 15) is 4.79 Å². The first kappa shape index (κ1) is 17.2. The van der Waals surface area contributed by atoms with Crippen molar-refractivity contribution >= 4 is 17.4 Å². The average Bonchev–Trinajstić information content (AvgIpc) is 2.68. The topological polar surface area (TPSA) is 93.4 Å². The van der Waals surface area contributed by atoms with Gasteiger partial charge in [0, 0.05) is 43.6 Å². The predicted molar refractivity (Wildman–Crippen MR) is 96.6 cm³/mol. The number of amides is 1. The normalized spacial score (nSPS) is 15.0. The summed E-state index contributed by atoms with van der Waals surface area (Å²) in [6.45, 7) is 2.58. The number of hydrogen-bond acceptors (Lipinski definition) is 6. The van der Waals surface area contributed by atoms with E-state index in [1.807, 2.05) is 24.3 Å². The molecule has 1 saturated heterocycles. The highest BCUT2D eigenvalue weighted by atomic mass is 16.5. The van der Waals surface area contributed by atoms with E-state index >= 15 is 0 Å². The number of anilines is 2. The van der Waals surface area contributed by atoms with Gasteiger partial charge in [0.2, 0.25) is 5.91 Å². The fourth-order valence-corrected chi connectivity index (χ4v) is 2.88. The van der Waals surface area contributed by atoms with Crippen LogP contribution in [0.2, 0.25) is 0 Å². The standard InChI is InChI=1S/C18H23N5O2/c19-7-12-25-16-3-1-15(2-4-16)22-18(24)14-5-10-23(11-6-14)17-13-20-8-9-21-17/h1-4,8-9,13-14H,5-7,10-12,19H2,(H,22,24). The Balaban J connectivity index is 1.49. The van der Waals surface area contributed by atoms with Crippen molar-refractivity contribution in [1.82, 2.24) is 9.97 Å². The summed E-state index contributed by atoms with van der Waals surface area (Å²) in [6, 6.07) is 7.36. The molecular formula is C18H23N5O2. The summed E-state index contributed by atoms with van der Waals surface area (Å²) >= 11 is 0. The van der Waals surface area contributed by atoms with Gasteiger partial charge in [0.25, 0.3) is 0 Å². The highest BCUT2D eigenvalue weighted by Gasteiger charge is 2.25. The van der Waals surface area contributed by atoms with Crippen molar-refractivity contribution in [3.63, 3.8) is 0 Å². The molecule has 0 saturated carbocycles. The van der Waals surface area contributed by atoms with Gasteiger partial charge in [0.1, 0.15) is 18.2 Å². The van der Waals surface area contributed by atoms with Gasteiger partial charge >= 0.3 is 0 Å². The molecular weight excluding hydrogens is 318 g/mol. The summed E-state index contributed by atoms with van der Waals surface area (Å²) in [5.74, 6) is 1.70. The smallest absolute Gasteiger partial charge is 0.227 e. The third-order valence-electron chi connectivity index (χ3n) is 4.25. The molecule has 1 fully saturated rings. The minimum absolute atomic E-state index is 0.0149. The lowest BCUT2D eigenvalue weighted by Crippen LogP contribution is -2.38. The minimum Gasteiger partial charge on any atom is -0.492 e. The van der Waals surface area contributed by atoms with Crippen LogP contribution in [-0.2, 0) is 4.79 Å². The van der Waals surface area contributed by atoms with Crippen LogP contribution in [-0.4, -0.2) is 42.1 Å². The van der Waals surface area contributed by atoms with Gasteiger partial charge in [0.15, 0.2) is 0 Å². The molecule has 1 aromatic carbocycles. The van der Waals surface area contributed by atoms with E-state index in [-0.39, 0.29) is 11.8 Å². The summed E-state index contributed by atoms with van der Waals surface area (Å²) in [7, 11) is 0. The lowest BCUT2D eigenvalue weighted by molar-refractivity contribution is -0.120. The molecule has 1 aromatic heterocycles. The zero-order chi connectivity index (χ0) is 17.5. The van der Waals surface area contributed by atoms with Crippen LogP contribution < -0.4 is 20.7 Å². The fourth-order valence-electron chi connectivity index (χ4n) is 2.88. The number of nitrogens with one attached hydrogen (secondary N) is 1. The zero-order valence-electron chi connectivity index (χ0n) is 14.1. The SMILES string of the molecule is NCCOc1ccc(NC(=O)C2CCN(c3cnccn3)CC2)cc1. The van der Waals surface area contributed by atoms with Crippen LogP contribution in [0.3, 0.4) is 0 Å². The van der Waals surface area contributed by atoms with Crippen LogP contribution in [0.15, 0.2) is 42.9 Å². The lowest BCUT2D eigenvalue weighted by atomic mass is 9.96. The van der Waals surface area contributed by atoms with Crippen LogP contribution >= 0.6 is 0 Å². The van der Waals surface area contributed by atoms with E-state index in [4.69, 9.17) is 10.5 Å². The fraction of sp³-hybridized carbons (Fsp3) is 0.389. The first-order chi connectivity index (χ1) is 12.3. The number of hydrogen-bond donors (Lipinski definition) is 2. The van der Waals surface area contributed by atoms with Crippen LogP contribution in [0.25, 0.3) is 0 Å². The Labute approximate surface area is 147 Å². The highest BCUT2D eigenvalue weighted by molar-refractivity contribution is 5.92. The lowest BCUT2D eigenvalue weighted by Gasteiger charge is -2.31. The number of ether oxygens (including phenoxy) is 1. The largest absolute Gasteiger partial charge is 0.492 e. The first-order valence-corrected chi connectivity index (χ1v) is 8.51. The van der Waals surface area contributed by atoms with Crippen LogP contribution in [0.1, 0.15) is 12.8 Å². The van der Waals surface area contributed by atoms with Crippen LogP contribution in [0.4, 0.5) is 11.5 Å². The molecule has 1 aliphatic rings. The van der Waals surface area contributed by atoms with Crippen molar-refractivity contribution in [2.75, 3.05) is 36.5 Å². The summed E-state index contributed by atoms with van der Waals surface area (Å²) in [6.07, 6.45) is 6.72. The number of carbonyl (C=O) groups is 1. The third kappa shape index (κ3) is 4.67. The van der Waals surface area contributed by atoms with Gasteiger partial charge < -0.3 is 20.7 Å². The molecule has 0 spiro atoms. The van der Waals surface area contributed by atoms with E-state index < -0.39 is 0 Å². The summed E-state index contributed by atoms with van der Waals surface area (Å²) in [5.41, 5.74) is 6.19. The maximum absolute atomic E-state index is 12.5. The van der Waals surface area contributed by atoms with Gasteiger partial charge in [-0.25, -0.2) is 4.98 Å². The number of nitrogens with two attached hydrogens (primary N) is 1. The molecule has 2 heterocycles. The Morgan fingerprint density at radius 3 is 2.64 bits per heavy atom. The summed E-state index contributed by atoms with van der Waals surface area (Å²) in [4.78, 5) is 23.0. The molecule has 3 N–H and O–H groups in total. The van der Waals surface area contributed by atoms with E-state index in [1.165, 1.54) is 0 Å². The molecule has 0 radical (unpaired) electrons. The second kappa shape index (κ2) is 8.43. The van der Waals surface area contributed by atoms with Crippen molar-refractivity contribution in [2.24, 2.45) is 11.7 Å². The molecule has 0 bridgehead atoms. The van der Waals surface area contributed by atoms with Crippen molar-refractivity contribution in [3.05, 3.63) is 42.9 Å². The van der Waals surface area contributed by atoms with Gasteiger partial charge in [-0.3, -0.25) is 9.78 Å². The van der Waals surface area contributed by atoms with Gasteiger partial charge in [-0.2, -0.15) is 0 Å². The number of nitrogens with zero attached hydrogens (tertiary/aromatic N) is 3. The van der Waals surface area contributed by atoms with Gasteiger partial charge in [0.05, 0.1) is 6.20 Å². The van der Waals surface area contributed by atoms with E-state index in [2.05, 4.69) is 20.2 Å². The molecule has 1 amide bonds. The van der Waals surface area contributed by atoms with E-state index in [1.54, 1.807) is 18.6 Å². The monoisotopic (exact) mass is 341 g/mol. The molecule has 7 nitrogen and oxygen atoms in total. The quantitative estimate of drug-likeness (QED) is 0.830. The van der Waals surface area contributed by atoms with Crippen molar-refractivity contribution < 1.29 is 9.53 Å². The maximum atomic E-state index is 12.5. The van der Waals surface area contributed by atoms with Gasteiger partial charge in [-0.05, 0) is 37.1 Å². The van der Waals surface area contributed by atoms with E-state index in [0.29, 0.717) is 13.2 Å². The molecule has 0 aliphatic carbocycles. The second-order valence-electron chi connectivity index (χ2n) is 5.98. The first-order valence-electron chi connectivity index (χ1n) is 8.51. The Kier molecular flexibility index (Phi) is 5.79. The van der Waals surface area contributed by atoms with Crippen molar-refractivity contribution in [3.8, 4) is 5.75 Å². The van der Waals surface area contributed by atoms with Crippen molar-refractivity contribution in [1.29, 1.82) is 0 Å². The van der Waals surface area contributed by atoms with Crippen LogP contribution in [0.5, 0.6) is 5.75 Å². The molecule has 2 aromatic rings. The zero-order valence-corrected chi connectivity index (χ0v) is 14.1.